The van der Waals surface area contributed by atoms with Gasteiger partial charge in [0.05, 0.1) is 25.0 Å². The van der Waals surface area contributed by atoms with Gasteiger partial charge in [-0.25, -0.2) is 20.0 Å². The van der Waals surface area contributed by atoms with E-state index >= 15 is 0 Å². The second-order valence-electron chi connectivity index (χ2n) is 6.55. The van der Waals surface area contributed by atoms with Crippen LogP contribution in [0.25, 0.3) is 0 Å². The fourth-order valence-corrected chi connectivity index (χ4v) is 2.40. The number of methoxy groups -OCH3 is 1. The van der Waals surface area contributed by atoms with Crippen LogP contribution in [0.1, 0.15) is 41.5 Å². The van der Waals surface area contributed by atoms with E-state index in [-0.39, 0.29) is 17.9 Å². The molecule has 1 unspecified atom stereocenters. The summed E-state index contributed by atoms with van der Waals surface area (Å²) in [6.45, 7) is 9.23. The second-order valence-corrected chi connectivity index (χ2v) is 6.55. The van der Waals surface area contributed by atoms with E-state index in [0.29, 0.717) is 0 Å². The van der Waals surface area contributed by atoms with Crippen molar-refractivity contribution in [2.45, 2.75) is 47.1 Å². The first-order valence-corrected chi connectivity index (χ1v) is 7.71. The molecule has 1 aliphatic heterocycles. The van der Waals surface area contributed by atoms with Crippen LogP contribution in [0.5, 0.6) is 0 Å². The van der Waals surface area contributed by atoms with Crippen LogP contribution in [0.15, 0.2) is 11.3 Å². The fourth-order valence-electron chi connectivity index (χ4n) is 2.40. The number of allylic oxidation sites excluding steroid dienone is 1. The summed E-state index contributed by atoms with van der Waals surface area (Å²) in [6, 6.07) is 0. The third-order valence-corrected chi connectivity index (χ3v) is 3.50. The van der Waals surface area contributed by atoms with E-state index in [9.17, 15) is 19.2 Å². The lowest BCUT2D eigenvalue weighted by atomic mass is 9.83. The Kier molecular flexibility index (Phi) is 5.83. The maximum Gasteiger partial charge on any atom is 0.427 e. The van der Waals surface area contributed by atoms with Crippen LogP contribution in [0.4, 0.5) is 4.79 Å². The molecule has 0 radical (unpaired) electrons. The minimum Gasteiger partial charge on any atom is -0.466 e. The number of carbonyl (C=O) groups excluding carboxylic acids is 4. The Labute approximate surface area is 146 Å². The topological polar surface area (TPSA) is 111 Å². The Bertz CT molecular complexity index is 633. The molecule has 0 bridgehead atoms. The highest BCUT2D eigenvalue weighted by atomic mass is 16.6. The van der Waals surface area contributed by atoms with Gasteiger partial charge in [-0.1, -0.05) is 0 Å². The van der Waals surface area contributed by atoms with Crippen LogP contribution in [-0.4, -0.2) is 48.3 Å². The van der Waals surface area contributed by atoms with Crippen LogP contribution in [-0.2, 0) is 28.6 Å². The van der Waals surface area contributed by atoms with E-state index in [0.717, 1.165) is 12.1 Å². The molecule has 2 amide bonds. The van der Waals surface area contributed by atoms with Crippen molar-refractivity contribution in [1.29, 1.82) is 0 Å². The Morgan fingerprint density at radius 2 is 1.80 bits per heavy atom. The summed E-state index contributed by atoms with van der Waals surface area (Å²) in [4.78, 5) is 49.3. The Morgan fingerprint density at radius 1 is 1.24 bits per heavy atom. The largest absolute Gasteiger partial charge is 0.466 e. The van der Waals surface area contributed by atoms with E-state index in [4.69, 9.17) is 9.47 Å². The summed E-state index contributed by atoms with van der Waals surface area (Å²) in [5.74, 6) is -2.61. The molecule has 0 aromatic rings. The minimum atomic E-state index is -1.93. The quantitative estimate of drug-likeness (QED) is 0.459. The molecule has 0 fully saturated rings. The summed E-state index contributed by atoms with van der Waals surface area (Å²) in [5.41, 5.74) is -0.620. The summed E-state index contributed by atoms with van der Waals surface area (Å²) < 4.78 is 14.7. The van der Waals surface area contributed by atoms with Crippen LogP contribution in [0, 0.1) is 5.41 Å². The van der Waals surface area contributed by atoms with Crippen LogP contribution in [0.3, 0.4) is 0 Å². The molecule has 0 saturated heterocycles. The van der Waals surface area contributed by atoms with Crippen molar-refractivity contribution in [3.05, 3.63) is 11.3 Å². The van der Waals surface area contributed by atoms with Crippen LogP contribution >= 0.6 is 0 Å². The lowest BCUT2D eigenvalue weighted by molar-refractivity contribution is -0.161. The van der Waals surface area contributed by atoms with Gasteiger partial charge in [0.15, 0.2) is 5.41 Å². The van der Waals surface area contributed by atoms with E-state index in [2.05, 4.69) is 10.2 Å². The first kappa shape index (κ1) is 20.5. The molecule has 1 aliphatic rings. The summed E-state index contributed by atoms with van der Waals surface area (Å²) >= 11 is 0. The zero-order valence-corrected chi connectivity index (χ0v) is 15.5. The first-order valence-electron chi connectivity index (χ1n) is 7.71. The van der Waals surface area contributed by atoms with Crippen molar-refractivity contribution in [3.63, 3.8) is 0 Å². The lowest BCUT2D eigenvalue weighted by Gasteiger charge is -2.26. The molecular weight excluding hydrogens is 332 g/mol. The van der Waals surface area contributed by atoms with Gasteiger partial charge in [-0.2, -0.15) is 0 Å². The smallest absolute Gasteiger partial charge is 0.427 e. The van der Waals surface area contributed by atoms with E-state index in [1.165, 1.54) is 13.8 Å². The van der Waals surface area contributed by atoms with Gasteiger partial charge in [-0.05, 0) is 41.5 Å². The van der Waals surface area contributed by atoms with Crippen molar-refractivity contribution in [3.8, 4) is 0 Å². The standard InChI is InChI=1S/C16H24N2O7/c1-8-24-13(21)16(6)10(11(19)23-7)9(2)18(12(16)20)17-14(22)25-15(3,4)5/h8H2,1-7H3,(H,17,22). The first-order chi connectivity index (χ1) is 11.4. The number of esters is 2. The molecule has 0 aromatic heterocycles. The van der Waals surface area contributed by atoms with E-state index in [1.807, 2.05) is 0 Å². The van der Waals surface area contributed by atoms with Gasteiger partial charge in [-0.15, -0.1) is 0 Å². The van der Waals surface area contributed by atoms with Gasteiger partial charge in [0, 0.05) is 0 Å². The van der Waals surface area contributed by atoms with E-state index in [1.54, 1.807) is 27.7 Å². The van der Waals surface area contributed by atoms with Gasteiger partial charge in [0.1, 0.15) is 5.60 Å². The van der Waals surface area contributed by atoms with Gasteiger partial charge in [0.25, 0.3) is 5.91 Å². The lowest BCUT2D eigenvalue weighted by Crippen LogP contribution is -2.50. The van der Waals surface area contributed by atoms with Crippen molar-refractivity contribution >= 4 is 23.9 Å². The molecule has 0 aromatic carbocycles. The number of carbonyl (C=O) groups is 4. The van der Waals surface area contributed by atoms with Gasteiger partial charge in [0.2, 0.25) is 0 Å². The number of hydrogen-bond donors (Lipinski definition) is 1. The predicted molar refractivity (Wildman–Crippen MR) is 85.7 cm³/mol. The second kappa shape index (κ2) is 7.12. The number of ether oxygens (including phenoxy) is 3. The Balaban J connectivity index is 3.28. The van der Waals surface area contributed by atoms with Crippen molar-refractivity contribution in [1.82, 2.24) is 10.4 Å². The minimum absolute atomic E-state index is 0.0225. The van der Waals surface area contributed by atoms with Gasteiger partial charge in [-0.3, -0.25) is 9.59 Å². The van der Waals surface area contributed by atoms with Gasteiger partial charge >= 0.3 is 18.0 Å². The average molecular weight is 356 g/mol. The third-order valence-electron chi connectivity index (χ3n) is 3.50. The highest BCUT2D eigenvalue weighted by molar-refractivity contribution is 6.16. The molecular formula is C16H24N2O7. The predicted octanol–water partition coefficient (Wildman–Crippen LogP) is 1.28. The zero-order chi connectivity index (χ0) is 19.6. The number of hydrazine groups is 1. The molecule has 9 heteroatoms. The van der Waals surface area contributed by atoms with Crippen molar-refractivity contribution in [2.24, 2.45) is 5.41 Å². The molecule has 25 heavy (non-hydrogen) atoms. The van der Waals surface area contributed by atoms with Crippen molar-refractivity contribution in [2.75, 3.05) is 13.7 Å². The molecule has 9 nitrogen and oxygen atoms in total. The monoisotopic (exact) mass is 356 g/mol. The molecule has 1 rings (SSSR count). The zero-order valence-electron chi connectivity index (χ0n) is 15.5. The summed E-state index contributed by atoms with van der Waals surface area (Å²) in [6.07, 6.45) is -0.905. The van der Waals surface area contributed by atoms with Crippen LogP contribution in [0.2, 0.25) is 0 Å². The number of hydrogen-bond acceptors (Lipinski definition) is 7. The maximum absolute atomic E-state index is 12.8. The molecule has 0 saturated carbocycles. The number of nitrogens with one attached hydrogen (secondary N) is 1. The molecule has 1 atom stereocenters. The maximum atomic E-state index is 12.8. The SMILES string of the molecule is CCOC(=O)C1(C)C(=O)N(NC(=O)OC(C)(C)C)C(C)=C1C(=O)OC. The molecule has 140 valence electrons. The van der Waals surface area contributed by atoms with Crippen LogP contribution < -0.4 is 5.43 Å². The highest BCUT2D eigenvalue weighted by Crippen LogP contribution is 2.41. The fraction of sp³-hybridized carbons (Fsp3) is 0.625. The van der Waals surface area contributed by atoms with Gasteiger partial charge < -0.3 is 14.2 Å². The summed E-state index contributed by atoms with van der Waals surface area (Å²) in [5, 5.41) is 0.803. The number of amides is 2. The van der Waals surface area contributed by atoms with E-state index < -0.39 is 35.0 Å². The molecule has 0 aliphatic carbocycles. The van der Waals surface area contributed by atoms with Crippen molar-refractivity contribution < 1.29 is 33.4 Å². The number of nitrogens with zero attached hydrogens (tertiary/aromatic N) is 1. The molecule has 0 spiro atoms. The molecule has 1 N–H and O–H groups in total. The normalized spacial score (nSPS) is 20.4. The molecule has 1 heterocycles. The summed E-state index contributed by atoms with van der Waals surface area (Å²) in [7, 11) is 1.13. The Hall–Kier alpha value is -2.58. The third kappa shape index (κ3) is 3.92. The Morgan fingerprint density at radius 3 is 2.24 bits per heavy atom. The number of rotatable bonds is 4. The highest BCUT2D eigenvalue weighted by Gasteiger charge is 2.58. The average Bonchev–Trinajstić information content (AvgIpc) is 2.67.